The van der Waals surface area contributed by atoms with Gasteiger partial charge in [0.05, 0.1) is 0 Å². The fourth-order valence-corrected chi connectivity index (χ4v) is 2.77. The smallest absolute Gasteiger partial charge is 0.255 e. The molecule has 4 heteroatoms. The molecule has 0 radical (unpaired) electrons. The topological polar surface area (TPSA) is 55.1 Å². The molecule has 1 aliphatic rings. The molecule has 21 heavy (non-hydrogen) atoms. The van der Waals surface area contributed by atoms with Gasteiger partial charge in [-0.25, -0.2) is 0 Å². The summed E-state index contributed by atoms with van der Waals surface area (Å²) in [6, 6.07) is 13.1. The SMILES string of the molecule is NC(=S)c1ccc(C(=O)Nc2ccc3c(c2)CCC3)cc1. The number of thiocarbonyl (C=S) groups is 1. The number of benzene rings is 2. The summed E-state index contributed by atoms with van der Waals surface area (Å²) in [4.78, 5) is 12.6. The minimum absolute atomic E-state index is 0.123. The Hall–Kier alpha value is -2.20. The van der Waals surface area contributed by atoms with Crippen molar-refractivity contribution in [3.05, 3.63) is 64.7 Å². The number of hydrogen-bond donors (Lipinski definition) is 2. The number of amides is 1. The minimum Gasteiger partial charge on any atom is -0.389 e. The van der Waals surface area contributed by atoms with Crippen LogP contribution >= 0.6 is 12.2 Å². The fraction of sp³-hybridized carbons (Fsp3) is 0.176. The number of carbonyl (C=O) groups is 1. The maximum atomic E-state index is 12.2. The molecule has 0 unspecified atom stereocenters. The second-order valence-electron chi connectivity index (χ2n) is 5.23. The molecule has 106 valence electrons. The van der Waals surface area contributed by atoms with E-state index in [0.29, 0.717) is 10.6 Å². The maximum Gasteiger partial charge on any atom is 0.255 e. The van der Waals surface area contributed by atoms with Crippen molar-refractivity contribution in [1.29, 1.82) is 0 Å². The Kier molecular flexibility index (Phi) is 3.71. The lowest BCUT2D eigenvalue weighted by atomic mass is 10.1. The lowest BCUT2D eigenvalue weighted by molar-refractivity contribution is 0.102. The van der Waals surface area contributed by atoms with Crippen molar-refractivity contribution in [2.45, 2.75) is 19.3 Å². The molecule has 0 aliphatic heterocycles. The number of nitrogens with one attached hydrogen (secondary N) is 1. The Morgan fingerprint density at radius 1 is 1.00 bits per heavy atom. The molecule has 0 atom stereocenters. The number of rotatable bonds is 3. The molecule has 1 aliphatic carbocycles. The first-order chi connectivity index (χ1) is 10.1. The molecule has 3 N–H and O–H groups in total. The van der Waals surface area contributed by atoms with Crippen molar-refractivity contribution in [1.82, 2.24) is 0 Å². The average molecular weight is 296 g/mol. The van der Waals surface area contributed by atoms with Crippen molar-refractivity contribution < 1.29 is 4.79 Å². The van der Waals surface area contributed by atoms with E-state index < -0.39 is 0 Å². The Balaban J connectivity index is 1.75. The van der Waals surface area contributed by atoms with E-state index in [0.717, 1.165) is 24.1 Å². The third-order valence-corrected chi connectivity index (χ3v) is 4.02. The zero-order valence-corrected chi connectivity index (χ0v) is 12.4. The Labute approximate surface area is 129 Å². The Morgan fingerprint density at radius 3 is 2.38 bits per heavy atom. The van der Waals surface area contributed by atoms with Gasteiger partial charge in [-0.1, -0.05) is 30.4 Å². The second-order valence-corrected chi connectivity index (χ2v) is 5.67. The van der Waals surface area contributed by atoms with Crippen LogP contribution in [0.1, 0.15) is 33.5 Å². The van der Waals surface area contributed by atoms with E-state index in [1.807, 2.05) is 6.07 Å². The van der Waals surface area contributed by atoms with Crippen LogP contribution in [-0.2, 0) is 12.8 Å². The Morgan fingerprint density at radius 2 is 1.67 bits per heavy atom. The van der Waals surface area contributed by atoms with Crippen LogP contribution in [-0.4, -0.2) is 10.9 Å². The van der Waals surface area contributed by atoms with E-state index >= 15 is 0 Å². The number of carbonyl (C=O) groups excluding carboxylic acids is 1. The summed E-state index contributed by atoms with van der Waals surface area (Å²) < 4.78 is 0. The molecule has 0 heterocycles. The van der Waals surface area contributed by atoms with E-state index in [1.165, 1.54) is 17.5 Å². The van der Waals surface area contributed by atoms with E-state index in [4.69, 9.17) is 18.0 Å². The zero-order valence-electron chi connectivity index (χ0n) is 11.6. The number of aryl methyl sites for hydroxylation is 2. The first-order valence-corrected chi connectivity index (χ1v) is 7.37. The Bertz CT molecular complexity index is 707. The van der Waals surface area contributed by atoms with Crippen molar-refractivity contribution >= 4 is 28.8 Å². The third-order valence-electron chi connectivity index (χ3n) is 3.79. The molecule has 3 nitrogen and oxygen atoms in total. The van der Waals surface area contributed by atoms with E-state index in [2.05, 4.69) is 17.4 Å². The predicted molar refractivity (Wildman–Crippen MR) is 88.7 cm³/mol. The van der Waals surface area contributed by atoms with Crippen molar-refractivity contribution in [2.24, 2.45) is 5.73 Å². The molecule has 3 rings (SSSR count). The van der Waals surface area contributed by atoms with Gasteiger partial charge in [-0.15, -0.1) is 0 Å². The lowest BCUT2D eigenvalue weighted by Crippen LogP contribution is -2.13. The van der Waals surface area contributed by atoms with Gasteiger partial charge in [0.2, 0.25) is 0 Å². The second kappa shape index (κ2) is 5.66. The number of hydrogen-bond acceptors (Lipinski definition) is 2. The van der Waals surface area contributed by atoms with Crippen LogP contribution in [0.3, 0.4) is 0 Å². The summed E-state index contributed by atoms with van der Waals surface area (Å²) in [7, 11) is 0. The quantitative estimate of drug-likeness (QED) is 0.856. The van der Waals surface area contributed by atoms with Crippen LogP contribution in [0.5, 0.6) is 0 Å². The minimum atomic E-state index is -0.123. The van der Waals surface area contributed by atoms with E-state index in [-0.39, 0.29) is 5.91 Å². The van der Waals surface area contributed by atoms with Crippen LogP contribution < -0.4 is 11.1 Å². The first-order valence-electron chi connectivity index (χ1n) is 6.96. The van der Waals surface area contributed by atoms with E-state index in [9.17, 15) is 4.79 Å². The highest BCUT2D eigenvalue weighted by atomic mass is 32.1. The standard InChI is InChI=1S/C17H16N2OS/c18-16(21)12-4-6-13(7-5-12)17(20)19-15-9-8-11-2-1-3-14(11)10-15/h4-10H,1-3H2,(H2,18,21)(H,19,20). The van der Waals surface area contributed by atoms with Gasteiger partial charge in [0.15, 0.2) is 0 Å². The first kappa shape index (κ1) is 13.8. The highest BCUT2D eigenvalue weighted by Crippen LogP contribution is 2.25. The molecule has 0 aromatic heterocycles. The molecule has 0 bridgehead atoms. The maximum absolute atomic E-state index is 12.2. The molecule has 0 saturated carbocycles. The monoisotopic (exact) mass is 296 g/mol. The van der Waals surface area contributed by atoms with Gasteiger partial charge in [-0.05, 0) is 54.7 Å². The van der Waals surface area contributed by atoms with Crippen LogP contribution in [0.2, 0.25) is 0 Å². The van der Waals surface area contributed by atoms with Gasteiger partial charge < -0.3 is 11.1 Å². The fourth-order valence-electron chi connectivity index (χ4n) is 2.64. The van der Waals surface area contributed by atoms with Gasteiger partial charge in [-0.2, -0.15) is 0 Å². The highest BCUT2D eigenvalue weighted by Gasteiger charge is 2.12. The predicted octanol–water partition coefficient (Wildman–Crippen LogP) is 3.06. The van der Waals surface area contributed by atoms with Crippen molar-refractivity contribution in [3.8, 4) is 0 Å². The molecule has 1 amide bonds. The van der Waals surface area contributed by atoms with Crippen LogP contribution in [0, 0.1) is 0 Å². The van der Waals surface area contributed by atoms with Crippen LogP contribution in [0.25, 0.3) is 0 Å². The highest BCUT2D eigenvalue weighted by molar-refractivity contribution is 7.80. The molecule has 2 aromatic carbocycles. The summed E-state index contributed by atoms with van der Waals surface area (Å²) >= 11 is 4.90. The number of nitrogens with two attached hydrogens (primary N) is 1. The molecular weight excluding hydrogens is 280 g/mol. The van der Waals surface area contributed by atoms with Gasteiger partial charge in [-0.3, -0.25) is 4.79 Å². The van der Waals surface area contributed by atoms with Gasteiger partial charge >= 0.3 is 0 Å². The summed E-state index contributed by atoms with van der Waals surface area (Å²) in [5.74, 6) is -0.123. The summed E-state index contributed by atoms with van der Waals surface area (Å²) in [5, 5.41) is 2.93. The molecule has 2 aromatic rings. The zero-order chi connectivity index (χ0) is 14.8. The van der Waals surface area contributed by atoms with Crippen molar-refractivity contribution in [3.63, 3.8) is 0 Å². The molecular formula is C17H16N2OS. The van der Waals surface area contributed by atoms with Crippen LogP contribution in [0.4, 0.5) is 5.69 Å². The summed E-state index contributed by atoms with van der Waals surface area (Å²) in [5.41, 5.74) is 10.5. The van der Waals surface area contributed by atoms with Crippen molar-refractivity contribution in [2.75, 3.05) is 5.32 Å². The average Bonchev–Trinajstić information content (AvgIpc) is 2.95. The summed E-state index contributed by atoms with van der Waals surface area (Å²) in [6.45, 7) is 0. The number of anilines is 1. The summed E-state index contributed by atoms with van der Waals surface area (Å²) in [6.07, 6.45) is 3.44. The third kappa shape index (κ3) is 2.95. The molecule has 0 spiro atoms. The molecule has 0 fully saturated rings. The number of fused-ring (bicyclic) bond motifs is 1. The van der Waals surface area contributed by atoms with Crippen LogP contribution in [0.15, 0.2) is 42.5 Å². The lowest BCUT2D eigenvalue weighted by Gasteiger charge is -2.08. The van der Waals surface area contributed by atoms with Gasteiger partial charge in [0.1, 0.15) is 4.99 Å². The largest absolute Gasteiger partial charge is 0.389 e. The van der Waals surface area contributed by atoms with Gasteiger partial charge in [0, 0.05) is 16.8 Å². The molecule has 0 saturated heterocycles. The normalized spacial score (nSPS) is 12.8. The van der Waals surface area contributed by atoms with E-state index in [1.54, 1.807) is 24.3 Å². The van der Waals surface area contributed by atoms with Gasteiger partial charge in [0.25, 0.3) is 5.91 Å².